The normalized spacial score (nSPS) is 24.5. The van der Waals surface area contributed by atoms with Gasteiger partial charge in [-0.05, 0) is 47.2 Å². The Kier molecular flexibility index (Phi) is 3.93. The molecule has 2 fully saturated rings. The number of hydrogen-bond donors (Lipinski definition) is 1. The third-order valence-corrected chi connectivity index (χ3v) is 7.73. The Balaban J connectivity index is 1.94. The van der Waals surface area contributed by atoms with Gasteiger partial charge in [0.05, 0.1) is 17.5 Å². The number of nitrogens with zero attached hydrogens (tertiary/aromatic N) is 1. The van der Waals surface area contributed by atoms with E-state index in [1.54, 1.807) is 19.2 Å². The molecule has 2 aliphatic carbocycles. The predicted molar refractivity (Wildman–Crippen MR) is 104 cm³/mol. The number of carbonyl (C=O) groups excluding carboxylic acids is 1. The standard InChI is InChI=1S/C18H21BrN2O4S/c1-20-17(22)15-11-7-12(19)13(21(2)26(3,23)24)8-14(11)25-16(15)18-6-4-5-10(18)9-18/h7-8,10H,4-6,9H2,1-3H3,(H,20,22). The zero-order valence-electron chi connectivity index (χ0n) is 14.9. The van der Waals surface area contributed by atoms with Crippen molar-refractivity contribution in [3.05, 3.63) is 27.9 Å². The van der Waals surface area contributed by atoms with Gasteiger partial charge in [0.2, 0.25) is 10.0 Å². The van der Waals surface area contributed by atoms with Crippen LogP contribution in [0.4, 0.5) is 5.69 Å². The van der Waals surface area contributed by atoms with E-state index >= 15 is 0 Å². The van der Waals surface area contributed by atoms with Gasteiger partial charge in [-0.1, -0.05) is 6.42 Å². The zero-order valence-corrected chi connectivity index (χ0v) is 17.3. The first-order valence-corrected chi connectivity index (χ1v) is 11.3. The van der Waals surface area contributed by atoms with E-state index in [1.165, 1.54) is 17.8 Å². The molecule has 2 aromatic rings. The molecule has 1 heterocycles. The van der Waals surface area contributed by atoms with Gasteiger partial charge in [-0.15, -0.1) is 0 Å². The maximum absolute atomic E-state index is 12.6. The van der Waals surface area contributed by atoms with Gasteiger partial charge in [0, 0.05) is 35.4 Å². The number of amides is 1. The molecule has 0 spiro atoms. The lowest BCUT2D eigenvalue weighted by Crippen LogP contribution is -2.25. The molecule has 140 valence electrons. The quantitative estimate of drug-likeness (QED) is 0.789. The molecule has 6 nitrogen and oxygen atoms in total. The third-order valence-electron chi connectivity index (χ3n) is 5.91. The van der Waals surface area contributed by atoms with Crippen LogP contribution < -0.4 is 9.62 Å². The predicted octanol–water partition coefficient (Wildman–Crippen LogP) is 3.39. The number of fused-ring (bicyclic) bond motifs is 2. The average molecular weight is 441 g/mol. The number of rotatable bonds is 4. The van der Waals surface area contributed by atoms with Crippen LogP contribution in [-0.4, -0.2) is 34.7 Å². The highest BCUT2D eigenvalue weighted by Crippen LogP contribution is 2.65. The fourth-order valence-electron chi connectivity index (χ4n) is 4.35. The third kappa shape index (κ3) is 2.49. The van der Waals surface area contributed by atoms with Gasteiger partial charge < -0.3 is 9.73 Å². The molecule has 26 heavy (non-hydrogen) atoms. The van der Waals surface area contributed by atoms with Gasteiger partial charge in [0.25, 0.3) is 5.91 Å². The molecular formula is C18H21BrN2O4S. The summed E-state index contributed by atoms with van der Waals surface area (Å²) in [5, 5.41) is 3.43. The first-order valence-electron chi connectivity index (χ1n) is 8.61. The SMILES string of the molecule is CNC(=O)c1c(C23CCCC2C3)oc2cc(N(C)S(C)(=O)=O)c(Br)cc12. The van der Waals surface area contributed by atoms with Crippen molar-refractivity contribution in [1.82, 2.24) is 5.32 Å². The molecule has 2 saturated carbocycles. The van der Waals surface area contributed by atoms with E-state index < -0.39 is 10.0 Å². The van der Waals surface area contributed by atoms with E-state index in [0.29, 0.717) is 32.6 Å². The largest absolute Gasteiger partial charge is 0.460 e. The Bertz CT molecular complexity index is 1030. The van der Waals surface area contributed by atoms with Crippen molar-refractivity contribution in [1.29, 1.82) is 0 Å². The monoisotopic (exact) mass is 440 g/mol. The van der Waals surface area contributed by atoms with E-state index in [2.05, 4.69) is 21.2 Å². The lowest BCUT2D eigenvalue weighted by atomic mass is 9.95. The highest BCUT2D eigenvalue weighted by atomic mass is 79.9. The second-order valence-corrected chi connectivity index (χ2v) is 10.2. The lowest BCUT2D eigenvalue weighted by Gasteiger charge is -2.18. The van der Waals surface area contributed by atoms with Crippen LogP contribution in [-0.2, 0) is 15.4 Å². The maximum atomic E-state index is 12.6. The number of sulfonamides is 1. The van der Waals surface area contributed by atoms with Crippen LogP contribution in [0.25, 0.3) is 11.0 Å². The van der Waals surface area contributed by atoms with Crippen molar-refractivity contribution in [2.24, 2.45) is 5.92 Å². The van der Waals surface area contributed by atoms with Gasteiger partial charge in [-0.25, -0.2) is 8.42 Å². The zero-order chi connectivity index (χ0) is 18.9. The summed E-state index contributed by atoms with van der Waals surface area (Å²) >= 11 is 3.45. The Morgan fingerprint density at radius 3 is 2.69 bits per heavy atom. The molecule has 0 aliphatic heterocycles. The number of anilines is 1. The van der Waals surface area contributed by atoms with Gasteiger partial charge >= 0.3 is 0 Å². The smallest absolute Gasteiger partial charge is 0.255 e. The number of hydrogen-bond acceptors (Lipinski definition) is 4. The summed E-state index contributed by atoms with van der Waals surface area (Å²) < 4.78 is 31.9. The van der Waals surface area contributed by atoms with Crippen LogP contribution in [0.5, 0.6) is 0 Å². The average Bonchev–Trinajstić information content (AvgIpc) is 2.96. The number of nitrogens with one attached hydrogen (secondary N) is 1. The summed E-state index contributed by atoms with van der Waals surface area (Å²) in [5.74, 6) is 1.19. The number of halogens is 1. The van der Waals surface area contributed by atoms with E-state index in [4.69, 9.17) is 4.42 Å². The van der Waals surface area contributed by atoms with Crippen LogP contribution in [0.3, 0.4) is 0 Å². The minimum absolute atomic E-state index is 0.0176. The Morgan fingerprint density at radius 1 is 1.42 bits per heavy atom. The maximum Gasteiger partial charge on any atom is 0.255 e. The van der Waals surface area contributed by atoms with E-state index in [9.17, 15) is 13.2 Å². The van der Waals surface area contributed by atoms with Gasteiger partial charge in [0.1, 0.15) is 11.3 Å². The highest BCUT2D eigenvalue weighted by molar-refractivity contribution is 9.10. The summed E-state index contributed by atoms with van der Waals surface area (Å²) in [5.41, 5.74) is 1.59. The molecule has 4 rings (SSSR count). The summed E-state index contributed by atoms with van der Waals surface area (Å²) in [6, 6.07) is 3.48. The molecule has 1 N–H and O–H groups in total. The van der Waals surface area contributed by atoms with Crippen molar-refractivity contribution in [2.75, 3.05) is 24.7 Å². The number of benzene rings is 1. The molecule has 0 bridgehead atoms. The molecule has 2 unspecified atom stereocenters. The number of furan rings is 1. The molecule has 1 aromatic carbocycles. The van der Waals surface area contributed by atoms with E-state index in [1.807, 2.05) is 0 Å². The molecule has 0 radical (unpaired) electrons. The Morgan fingerprint density at radius 2 is 2.15 bits per heavy atom. The second kappa shape index (κ2) is 5.73. The van der Waals surface area contributed by atoms with Crippen LogP contribution in [0.15, 0.2) is 21.0 Å². The molecule has 0 saturated heterocycles. The number of carbonyl (C=O) groups is 1. The van der Waals surface area contributed by atoms with Gasteiger partial charge in [-0.3, -0.25) is 9.10 Å². The van der Waals surface area contributed by atoms with Crippen molar-refractivity contribution >= 4 is 48.5 Å². The van der Waals surface area contributed by atoms with E-state index in [0.717, 1.165) is 31.3 Å². The molecule has 1 aromatic heterocycles. The van der Waals surface area contributed by atoms with Crippen molar-refractivity contribution in [3.63, 3.8) is 0 Å². The first-order chi connectivity index (χ1) is 12.2. The van der Waals surface area contributed by atoms with Gasteiger partial charge in [-0.2, -0.15) is 0 Å². The molecule has 1 amide bonds. The van der Waals surface area contributed by atoms with Crippen molar-refractivity contribution in [2.45, 2.75) is 31.1 Å². The summed E-state index contributed by atoms with van der Waals surface area (Å²) in [6.07, 6.45) is 5.59. The Labute approximate surface area is 161 Å². The fraction of sp³-hybridized carbons (Fsp3) is 0.500. The topological polar surface area (TPSA) is 79.6 Å². The summed E-state index contributed by atoms with van der Waals surface area (Å²) in [4.78, 5) is 12.6. The van der Waals surface area contributed by atoms with Crippen LogP contribution in [0.2, 0.25) is 0 Å². The lowest BCUT2D eigenvalue weighted by molar-refractivity contribution is 0.0961. The van der Waals surface area contributed by atoms with Gasteiger partial charge in [0.15, 0.2) is 0 Å². The van der Waals surface area contributed by atoms with Crippen LogP contribution in [0, 0.1) is 5.92 Å². The van der Waals surface area contributed by atoms with E-state index in [-0.39, 0.29) is 11.3 Å². The highest BCUT2D eigenvalue weighted by Gasteiger charge is 2.61. The molecular weight excluding hydrogens is 420 g/mol. The minimum Gasteiger partial charge on any atom is -0.460 e. The van der Waals surface area contributed by atoms with Crippen molar-refractivity contribution in [3.8, 4) is 0 Å². The Hall–Kier alpha value is -1.54. The fourth-order valence-corrected chi connectivity index (χ4v) is 5.58. The molecule has 8 heteroatoms. The second-order valence-electron chi connectivity index (χ2n) is 7.36. The summed E-state index contributed by atoms with van der Waals surface area (Å²) in [7, 11) is -0.297. The van der Waals surface area contributed by atoms with Crippen LogP contribution >= 0.6 is 15.9 Å². The first kappa shape index (κ1) is 17.9. The summed E-state index contributed by atoms with van der Waals surface area (Å²) in [6.45, 7) is 0. The molecule has 2 aliphatic rings. The van der Waals surface area contributed by atoms with Crippen molar-refractivity contribution < 1.29 is 17.6 Å². The molecule has 2 atom stereocenters. The minimum atomic E-state index is -3.41. The van der Waals surface area contributed by atoms with Crippen LogP contribution in [0.1, 0.15) is 41.8 Å².